The van der Waals surface area contributed by atoms with Crippen LogP contribution >= 0.6 is 23.2 Å². The highest BCUT2D eigenvalue weighted by molar-refractivity contribution is 6.35. The molecule has 0 heterocycles. The Kier molecular flexibility index (Phi) is 5.78. The van der Waals surface area contributed by atoms with Crippen LogP contribution in [0.15, 0.2) is 36.4 Å². The number of rotatable bonds is 7. The first-order valence-corrected chi connectivity index (χ1v) is 7.21. The molecule has 0 aromatic heterocycles. The number of halogens is 2. The minimum absolute atomic E-state index is 0.101. The Morgan fingerprint density at radius 1 is 1.04 bits per heavy atom. The lowest BCUT2D eigenvalue weighted by Crippen LogP contribution is -2.10. The largest absolute Gasteiger partial charge is 0.489 e. The van der Waals surface area contributed by atoms with Crippen molar-refractivity contribution in [3.05, 3.63) is 62.1 Å². The van der Waals surface area contributed by atoms with Crippen LogP contribution < -0.4 is 9.47 Å². The van der Waals surface area contributed by atoms with Gasteiger partial charge in [0, 0.05) is 17.2 Å². The van der Waals surface area contributed by atoms with Crippen LogP contribution in [0.25, 0.3) is 0 Å². The third-order valence-corrected chi connectivity index (χ3v) is 3.35. The molecule has 0 unspecified atom stereocenters. The number of hydrogen-bond acceptors (Lipinski definition) is 5. The summed E-state index contributed by atoms with van der Waals surface area (Å²) in [6, 6.07) is 8.62. The van der Waals surface area contributed by atoms with Crippen molar-refractivity contribution >= 4 is 35.2 Å². The fourth-order valence-electron chi connectivity index (χ4n) is 1.77. The number of nitro benzene ring substituents is 1. The molecule has 0 spiro atoms. The zero-order valence-corrected chi connectivity index (χ0v) is 13.2. The second-order valence-corrected chi connectivity index (χ2v) is 5.21. The van der Waals surface area contributed by atoms with Gasteiger partial charge in [-0.2, -0.15) is 0 Å². The quantitative estimate of drug-likeness (QED) is 0.322. The van der Waals surface area contributed by atoms with Crippen molar-refractivity contribution in [1.29, 1.82) is 0 Å². The van der Waals surface area contributed by atoms with Crippen LogP contribution in [0, 0.1) is 10.1 Å². The third-order valence-electron chi connectivity index (χ3n) is 2.82. The molecule has 0 N–H and O–H groups in total. The summed E-state index contributed by atoms with van der Waals surface area (Å²) in [4.78, 5) is 21.0. The maximum atomic E-state index is 11.0. The SMILES string of the molecule is O=Cc1cc([N+](=O)[O-])ccc1OCCOc1ccc(Cl)cc1Cl. The van der Waals surface area contributed by atoms with Gasteiger partial charge in [0.2, 0.25) is 0 Å². The van der Waals surface area contributed by atoms with Crippen molar-refractivity contribution in [2.75, 3.05) is 13.2 Å². The molecule has 0 radical (unpaired) electrons. The van der Waals surface area contributed by atoms with Crippen LogP contribution in [-0.2, 0) is 0 Å². The van der Waals surface area contributed by atoms with E-state index in [9.17, 15) is 14.9 Å². The highest BCUT2D eigenvalue weighted by atomic mass is 35.5. The van der Waals surface area contributed by atoms with E-state index in [-0.39, 0.29) is 30.2 Å². The van der Waals surface area contributed by atoms with Crippen molar-refractivity contribution in [3.8, 4) is 11.5 Å². The number of nitrogens with zero attached hydrogens (tertiary/aromatic N) is 1. The lowest BCUT2D eigenvalue weighted by atomic mass is 10.2. The molecule has 0 atom stereocenters. The Balaban J connectivity index is 1.93. The van der Waals surface area contributed by atoms with Gasteiger partial charge in [-0.3, -0.25) is 14.9 Å². The van der Waals surface area contributed by atoms with Crippen LogP contribution in [0.3, 0.4) is 0 Å². The van der Waals surface area contributed by atoms with Gasteiger partial charge in [0.1, 0.15) is 24.7 Å². The van der Waals surface area contributed by atoms with Gasteiger partial charge in [-0.1, -0.05) is 23.2 Å². The summed E-state index contributed by atoms with van der Waals surface area (Å²) in [7, 11) is 0. The standard InChI is InChI=1S/C15H11Cl2NO5/c16-11-1-3-15(13(17)8-11)23-6-5-22-14-4-2-12(18(20)21)7-10(14)9-19/h1-4,7-9H,5-6H2. The van der Waals surface area contributed by atoms with E-state index in [1.807, 2.05) is 0 Å². The van der Waals surface area contributed by atoms with E-state index in [1.165, 1.54) is 12.1 Å². The Bertz CT molecular complexity index is 736. The number of hydrogen-bond donors (Lipinski definition) is 0. The predicted octanol–water partition coefficient (Wildman–Crippen LogP) is 4.17. The summed E-state index contributed by atoms with van der Waals surface area (Å²) in [6.45, 7) is 0.314. The van der Waals surface area contributed by atoms with E-state index in [0.717, 1.165) is 6.07 Å². The van der Waals surface area contributed by atoms with Crippen LogP contribution in [0.5, 0.6) is 11.5 Å². The molecule has 6 nitrogen and oxygen atoms in total. The molecular formula is C15H11Cl2NO5. The smallest absolute Gasteiger partial charge is 0.270 e. The topological polar surface area (TPSA) is 78.7 Å². The number of aldehydes is 1. The van der Waals surface area contributed by atoms with E-state index in [2.05, 4.69) is 0 Å². The second kappa shape index (κ2) is 7.80. The molecule has 2 aromatic rings. The van der Waals surface area contributed by atoms with Gasteiger partial charge in [-0.15, -0.1) is 0 Å². The van der Waals surface area contributed by atoms with E-state index < -0.39 is 4.92 Å². The Hall–Kier alpha value is -2.31. The maximum Gasteiger partial charge on any atom is 0.270 e. The number of benzene rings is 2. The first-order chi connectivity index (χ1) is 11.0. The molecular weight excluding hydrogens is 345 g/mol. The third kappa shape index (κ3) is 4.58. The minimum atomic E-state index is -0.581. The zero-order chi connectivity index (χ0) is 16.8. The van der Waals surface area contributed by atoms with Crippen molar-refractivity contribution in [1.82, 2.24) is 0 Å². The Labute approximate surface area is 141 Å². The van der Waals surface area contributed by atoms with Crippen molar-refractivity contribution < 1.29 is 19.2 Å². The van der Waals surface area contributed by atoms with E-state index in [4.69, 9.17) is 32.7 Å². The van der Waals surface area contributed by atoms with Gasteiger partial charge in [0.05, 0.1) is 15.5 Å². The Morgan fingerprint density at radius 2 is 1.70 bits per heavy atom. The van der Waals surface area contributed by atoms with Crippen LogP contribution in [-0.4, -0.2) is 24.4 Å². The van der Waals surface area contributed by atoms with E-state index >= 15 is 0 Å². The molecule has 8 heteroatoms. The lowest BCUT2D eigenvalue weighted by Gasteiger charge is -2.10. The molecule has 0 amide bonds. The average Bonchev–Trinajstić information content (AvgIpc) is 2.53. The minimum Gasteiger partial charge on any atom is -0.489 e. The summed E-state index contributed by atoms with van der Waals surface area (Å²) >= 11 is 11.7. The molecule has 23 heavy (non-hydrogen) atoms. The monoisotopic (exact) mass is 355 g/mol. The normalized spacial score (nSPS) is 10.2. The Morgan fingerprint density at radius 3 is 2.30 bits per heavy atom. The summed E-state index contributed by atoms with van der Waals surface area (Å²) in [6.07, 6.45) is 0.499. The first-order valence-electron chi connectivity index (χ1n) is 6.45. The molecule has 0 aliphatic carbocycles. The molecule has 2 aromatic carbocycles. The van der Waals surface area contributed by atoms with Gasteiger partial charge >= 0.3 is 0 Å². The molecule has 0 aliphatic heterocycles. The zero-order valence-electron chi connectivity index (χ0n) is 11.7. The van der Waals surface area contributed by atoms with Crippen LogP contribution in [0.2, 0.25) is 10.0 Å². The van der Waals surface area contributed by atoms with Crippen molar-refractivity contribution in [3.63, 3.8) is 0 Å². The van der Waals surface area contributed by atoms with Gasteiger partial charge in [0.25, 0.3) is 5.69 Å². The molecule has 2 rings (SSSR count). The van der Waals surface area contributed by atoms with Gasteiger partial charge < -0.3 is 9.47 Å². The highest BCUT2D eigenvalue weighted by Crippen LogP contribution is 2.27. The fourth-order valence-corrected chi connectivity index (χ4v) is 2.23. The number of nitro groups is 1. The molecule has 120 valence electrons. The molecule has 0 aliphatic rings. The number of carbonyl (C=O) groups is 1. The van der Waals surface area contributed by atoms with Gasteiger partial charge in [0.15, 0.2) is 6.29 Å². The average molecular weight is 356 g/mol. The number of non-ortho nitro benzene ring substituents is 1. The summed E-state index contributed by atoms with van der Waals surface area (Å²) in [5.41, 5.74) is -0.0765. The molecule has 0 fully saturated rings. The van der Waals surface area contributed by atoms with Gasteiger partial charge in [-0.05, 0) is 24.3 Å². The van der Waals surface area contributed by atoms with E-state index in [0.29, 0.717) is 22.1 Å². The molecule has 0 saturated carbocycles. The maximum absolute atomic E-state index is 11.0. The van der Waals surface area contributed by atoms with Crippen LogP contribution in [0.4, 0.5) is 5.69 Å². The fraction of sp³-hybridized carbons (Fsp3) is 0.133. The van der Waals surface area contributed by atoms with Gasteiger partial charge in [-0.25, -0.2) is 0 Å². The van der Waals surface area contributed by atoms with Crippen LogP contribution in [0.1, 0.15) is 10.4 Å². The number of carbonyl (C=O) groups excluding carboxylic acids is 1. The second-order valence-electron chi connectivity index (χ2n) is 4.37. The molecule has 0 saturated heterocycles. The first kappa shape index (κ1) is 17.1. The van der Waals surface area contributed by atoms with E-state index in [1.54, 1.807) is 18.2 Å². The van der Waals surface area contributed by atoms with Crippen molar-refractivity contribution in [2.24, 2.45) is 0 Å². The highest BCUT2D eigenvalue weighted by Gasteiger charge is 2.11. The number of ether oxygens (including phenoxy) is 2. The lowest BCUT2D eigenvalue weighted by molar-refractivity contribution is -0.384. The summed E-state index contributed by atoms with van der Waals surface area (Å²) < 4.78 is 10.8. The predicted molar refractivity (Wildman–Crippen MR) is 85.9 cm³/mol. The summed E-state index contributed by atoms with van der Waals surface area (Å²) in [5, 5.41) is 11.5. The van der Waals surface area contributed by atoms with Crippen molar-refractivity contribution in [2.45, 2.75) is 0 Å². The molecule has 0 bridgehead atoms. The summed E-state index contributed by atoms with van der Waals surface area (Å²) in [5.74, 6) is 0.704.